The summed E-state index contributed by atoms with van der Waals surface area (Å²) in [7, 11) is -3.30. The molecule has 23 heavy (non-hydrogen) atoms. The van der Waals surface area contributed by atoms with Crippen molar-refractivity contribution in [1.82, 2.24) is 9.21 Å². The van der Waals surface area contributed by atoms with Crippen molar-refractivity contribution >= 4 is 15.9 Å². The summed E-state index contributed by atoms with van der Waals surface area (Å²) in [6.45, 7) is 1.90. The van der Waals surface area contributed by atoms with Crippen molar-refractivity contribution in [3.05, 3.63) is 35.9 Å². The van der Waals surface area contributed by atoms with E-state index in [1.165, 1.54) is 16.1 Å². The zero-order valence-corrected chi connectivity index (χ0v) is 14.3. The molecule has 2 aliphatic heterocycles. The number of hydrogen-bond donors (Lipinski definition) is 0. The number of carbonyl (C=O) groups excluding carboxylic acids is 1. The van der Waals surface area contributed by atoms with E-state index >= 15 is 0 Å². The van der Waals surface area contributed by atoms with Crippen molar-refractivity contribution in [1.29, 1.82) is 0 Å². The molecule has 6 heteroatoms. The Bertz CT molecular complexity index is 652. The van der Waals surface area contributed by atoms with E-state index in [0.29, 0.717) is 32.0 Å². The van der Waals surface area contributed by atoms with Gasteiger partial charge in [0, 0.05) is 19.6 Å². The Hall–Kier alpha value is -1.40. The molecule has 1 aromatic rings. The molecule has 2 fully saturated rings. The molecule has 126 valence electrons. The van der Waals surface area contributed by atoms with E-state index in [4.69, 9.17) is 0 Å². The summed E-state index contributed by atoms with van der Waals surface area (Å²) in [5.74, 6) is 0.481. The minimum Gasteiger partial charge on any atom is -0.341 e. The summed E-state index contributed by atoms with van der Waals surface area (Å²) >= 11 is 0. The van der Waals surface area contributed by atoms with E-state index < -0.39 is 16.1 Å². The third-order valence-electron chi connectivity index (χ3n) is 4.99. The zero-order valence-electron chi connectivity index (χ0n) is 13.5. The number of carbonyl (C=O) groups is 1. The van der Waals surface area contributed by atoms with Crippen LogP contribution in [0.15, 0.2) is 30.3 Å². The number of rotatable bonds is 3. The summed E-state index contributed by atoms with van der Waals surface area (Å²) < 4.78 is 25.0. The Morgan fingerprint density at radius 2 is 1.70 bits per heavy atom. The molecule has 1 aromatic carbocycles. The molecule has 2 heterocycles. The van der Waals surface area contributed by atoms with Gasteiger partial charge < -0.3 is 4.90 Å². The van der Waals surface area contributed by atoms with Crippen LogP contribution in [0.25, 0.3) is 0 Å². The first-order valence-corrected chi connectivity index (χ1v) is 10.1. The highest BCUT2D eigenvalue weighted by atomic mass is 32.2. The van der Waals surface area contributed by atoms with Crippen LogP contribution in [-0.2, 0) is 14.8 Å². The van der Waals surface area contributed by atoms with E-state index in [1.54, 1.807) is 0 Å². The van der Waals surface area contributed by atoms with Crippen molar-refractivity contribution in [2.45, 2.75) is 37.6 Å². The maximum absolute atomic E-state index is 12.7. The standard InChI is InChI=1S/C17H24N2O3S/c1-23(21,22)19-11-5-8-16(19)17(20)18-12-9-15(10-13-18)14-6-3-2-4-7-14/h2-4,6-7,15-16H,5,8-13H2,1H3. The van der Waals surface area contributed by atoms with E-state index in [0.717, 1.165) is 19.3 Å². The summed E-state index contributed by atoms with van der Waals surface area (Å²) in [5, 5.41) is 0. The van der Waals surface area contributed by atoms with E-state index in [-0.39, 0.29) is 5.91 Å². The lowest BCUT2D eigenvalue weighted by Gasteiger charge is -2.35. The molecule has 1 atom stereocenters. The molecule has 3 rings (SSSR count). The van der Waals surface area contributed by atoms with Crippen LogP contribution in [0.1, 0.15) is 37.2 Å². The van der Waals surface area contributed by atoms with Crippen molar-refractivity contribution in [3.63, 3.8) is 0 Å². The van der Waals surface area contributed by atoms with E-state index in [9.17, 15) is 13.2 Å². The van der Waals surface area contributed by atoms with Gasteiger partial charge in [0.15, 0.2) is 0 Å². The molecule has 0 aliphatic carbocycles. The van der Waals surface area contributed by atoms with Crippen LogP contribution in [0, 0.1) is 0 Å². The van der Waals surface area contributed by atoms with Gasteiger partial charge in [-0.2, -0.15) is 4.31 Å². The molecule has 0 bridgehead atoms. The molecule has 0 saturated carbocycles. The van der Waals surface area contributed by atoms with E-state index in [2.05, 4.69) is 24.3 Å². The molecule has 1 amide bonds. The molecular formula is C17H24N2O3S. The molecule has 0 radical (unpaired) electrons. The van der Waals surface area contributed by atoms with Gasteiger partial charge in [0.05, 0.1) is 6.26 Å². The molecule has 0 N–H and O–H groups in total. The van der Waals surface area contributed by atoms with Gasteiger partial charge in [-0.3, -0.25) is 4.79 Å². The number of benzene rings is 1. The minimum absolute atomic E-state index is 0.0144. The second-order valence-electron chi connectivity index (χ2n) is 6.54. The number of likely N-dealkylation sites (tertiary alicyclic amines) is 1. The average molecular weight is 336 g/mol. The average Bonchev–Trinajstić information content (AvgIpc) is 3.05. The lowest BCUT2D eigenvalue weighted by molar-refractivity contribution is -0.135. The molecule has 5 nitrogen and oxygen atoms in total. The predicted molar refractivity (Wildman–Crippen MR) is 89.6 cm³/mol. The molecule has 2 saturated heterocycles. The number of sulfonamides is 1. The molecule has 2 aliphatic rings. The van der Waals surface area contributed by atoms with Gasteiger partial charge in [-0.15, -0.1) is 0 Å². The molecular weight excluding hydrogens is 312 g/mol. The molecule has 0 aromatic heterocycles. The Labute approximate surface area is 138 Å². The summed E-state index contributed by atoms with van der Waals surface area (Å²) in [4.78, 5) is 14.6. The number of nitrogens with zero attached hydrogens (tertiary/aromatic N) is 2. The first-order valence-electron chi connectivity index (χ1n) is 8.27. The number of amides is 1. The van der Waals surface area contributed by atoms with Gasteiger partial charge in [0.2, 0.25) is 15.9 Å². The highest BCUT2D eigenvalue weighted by Gasteiger charge is 2.39. The number of piperidine rings is 1. The van der Waals surface area contributed by atoms with Crippen LogP contribution in [0.5, 0.6) is 0 Å². The summed E-state index contributed by atoms with van der Waals surface area (Å²) in [6, 6.07) is 9.92. The molecule has 1 unspecified atom stereocenters. The smallest absolute Gasteiger partial charge is 0.241 e. The van der Waals surface area contributed by atoms with Crippen molar-refractivity contribution in [2.24, 2.45) is 0 Å². The highest BCUT2D eigenvalue weighted by Crippen LogP contribution is 2.29. The third-order valence-corrected chi connectivity index (χ3v) is 6.28. The maximum Gasteiger partial charge on any atom is 0.241 e. The first-order chi connectivity index (χ1) is 11.0. The monoisotopic (exact) mass is 336 g/mol. The quantitative estimate of drug-likeness (QED) is 0.846. The second-order valence-corrected chi connectivity index (χ2v) is 8.48. The topological polar surface area (TPSA) is 57.7 Å². The maximum atomic E-state index is 12.7. The van der Waals surface area contributed by atoms with Crippen LogP contribution in [0.4, 0.5) is 0 Å². The Kier molecular flexibility index (Phi) is 4.73. The zero-order chi connectivity index (χ0) is 16.4. The lowest BCUT2D eigenvalue weighted by Crippen LogP contribution is -2.49. The van der Waals surface area contributed by atoms with Gasteiger partial charge in [-0.25, -0.2) is 8.42 Å². The van der Waals surface area contributed by atoms with Crippen LogP contribution in [0.3, 0.4) is 0 Å². The van der Waals surface area contributed by atoms with Crippen molar-refractivity contribution in [3.8, 4) is 0 Å². The third kappa shape index (κ3) is 3.58. The van der Waals surface area contributed by atoms with Crippen molar-refractivity contribution < 1.29 is 13.2 Å². The lowest BCUT2D eigenvalue weighted by atomic mass is 9.89. The van der Waals surface area contributed by atoms with Crippen LogP contribution < -0.4 is 0 Å². The Balaban J connectivity index is 1.62. The summed E-state index contributed by atoms with van der Waals surface area (Å²) in [5.41, 5.74) is 1.33. The first kappa shape index (κ1) is 16.5. The van der Waals surface area contributed by atoms with Gasteiger partial charge in [-0.05, 0) is 37.2 Å². The normalized spacial score (nSPS) is 24.0. The Morgan fingerprint density at radius 3 is 2.30 bits per heavy atom. The van der Waals surface area contributed by atoms with Crippen LogP contribution >= 0.6 is 0 Å². The largest absolute Gasteiger partial charge is 0.341 e. The highest BCUT2D eigenvalue weighted by molar-refractivity contribution is 7.88. The van der Waals surface area contributed by atoms with Crippen LogP contribution in [0.2, 0.25) is 0 Å². The van der Waals surface area contributed by atoms with Gasteiger partial charge >= 0.3 is 0 Å². The fourth-order valence-electron chi connectivity index (χ4n) is 3.75. The fraction of sp³-hybridized carbons (Fsp3) is 0.588. The van der Waals surface area contributed by atoms with Gasteiger partial charge in [0.1, 0.15) is 6.04 Å². The Morgan fingerprint density at radius 1 is 1.04 bits per heavy atom. The minimum atomic E-state index is -3.30. The fourth-order valence-corrected chi connectivity index (χ4v) is 4.87. The van der Waals surface area contributed by atoms with Gasteiger partial charge in [0.25, 0.3) is 0 Å². The predicted octanol–water partition coefficient (Wildman–Crippen LogP) is 1.82. The van der Waals surface area contributed by atoms with Gasteiger partial charge in [-0.1, -0.05) is 30.3 Å². The second kappa shape index (κ2) is 6.61. The molecule has 0 spiro atoms. The van der Waals surface area contributed by atoms with Crippen molar-refractivity contribution in [2.75, 3.05) is 25.9 Å². The SMILES string of the molecule is CS(=O)(=O)N1CCCC1C(=O)N1CCC(c2ccccc2)CC1. The van der Waals surface area contributed by atoms with E-state index in [1.807, 2.05) is 11.0 Å². The number of hydrogen-bond acceptors (Lipinski definition) is 3. The summed E-state index contributed by atoms with van der Waals surface area (Å²) in [6.07, 6.45) is 4.50. The van der Waals surface area contributed by atoms with Crippen LogP contribution in [-0.4, -0.2) is 55.5 Å².